The third kappa shape index (κ3) is 2.31. The summed E-state index contributed by atoms with van der Waals surface area (Å²) in [6, 6.07) is 2.24. The van der Waals surface area contributed by atoms with Crippen molar-refractivity contribution in [3.05, 3.63) is 23.4 Å². The Morgan fingerprint density at radius 3 is 2.60 bits per heavy atom. The second-order valence-corrected chi connectivity index (χ2v) is 4.43. The molecule has 1 aliphatic carbocycles. The number of nitrogens with zero attached hydrogens (tertiary/aromatic N) is 1. The maximum absolute atomic E-state index is 5.18. The lowest BCUT2D eigenvalue weighted by Gasteiger charge is -2.22. The Morgan fingerprint density at radius 1 is 1.27 bits per heavy atom. The van der Waals surface area contributed by atoms with Gasteiger partial charge in [0.15, 0.2) is 0 Å². The van der Waals surface area contributed by atoms with Crippen molar-refractivity contribution in [3.8, 4) is 5.88 Å². The Hall–Kier alpha value is -1.05. The van der Waals surface area contributed by atoms with Crippen molar-refractivity contribution in [3.63, 3.8) is 0 Å². The summed E-state index contributed by atoms with van der Waals surface area (Å²) in [6.45, 7) is 2.07. The van der Waals surface area contributed by atoms with Crippen LogP contribution in [0.4, 0.5) is 0 Å². The van der Waals surface area contributed by atoms with Gasteiger partial charge in [-0.05, 0) is 37.3 Å². The van der Waals surface area contributed by atoms with Crippen molar-refractivity contribution < 1.29 is 4.74 Å². The van der Waals surface area contributed by atoms with Gasteiger partial charge in [0.2, 0.25) is 5.88 Å². The molecule has 0 unspecified atom stereocenters. The van der Waals surface area contributed by atoms with Gasteiger partial charge in [-0.25, -0.2) is 4.98 Å². The molecule has 1 heterocycles. The highest BCUT2D eigenvalue weighted by Gasteiger charge is 2.16. The van der Waals surface area contributed by atoms with Crippen molar-refractivity contribution in [1.82, 2.24) is 4.98 Å². The zero-order valence-corrected chi connectivity index (χ0v) is 9.62. The zero-order chi connectivity index (χ0) is 10.7. The Labute approximate surface area is 91.7 Å². The number of aryl methyl sites for hydroxylation is 1. The molecule has 1 saturated carbocycles. The Balaban J connectivity index is 2.17. The first-order chi connectivity index (χ1) is 7.31. The van der Waals surface area contributed by atoms with E-state index in [0.717, 1.165) is 17.4 Å². The smallest absolute Gasteiger partial charge is 0.215 e. The summed E-state index contributed by atoms with van der Waals surface area (Å²) < 4.78 is 5.18. The number of methoxy groups -OCH3 is 1. The van der Waals surface area contributed by atoms with Gasteiger partial charge in [0.25, 0.3) is 0 Å². The van der Waals surface area contributed by atoms with Crippen LogP contribution >= 0.6 is 0 Å². The molecule has 15 heavy (non-hydrogen) atoms. The number of rotatable bonds is 2. The second-order valence-electron chi connectivity index (χ2n) is 4.43. The first-order valence-electron chi connectivity index (χ1n) is 5.82. The predicted molar refractivity (Wildman–Crippen MR) is 61.4 cm³/mol. The topological polar surface area (TPSA) is 22.1 Å². The van der Waals surface area contributed by atoms with Crippen LogP contribution in [0.1, 0.15) is 49.1 Å². The SMILES string of the molecule is COc1ncc(C2CCCCC2)cc1C. The fourth-order valence-electron chi connectivity index (χ4n) is 2.46. The van der Waals surface area contributed by atoms with E-state index in [1.54, 1.807) is 7.11 Å². The molecule has 0 N–H and O–H groups in total. The molecule has 1 aliphatic rings. The second kappa shape index (κ2) is 4.65. The fourth-order valence-corrected chi connectivity index (χ4v) is 2.46. The van der Waals surface area contributed by atoms with Crippen LogP contribution in [0.2, 0.25) is 0 Å². The zero-order valence-electron chi connectivity index (χ0n) is 9.62. The number of hydrogen-bond donors (Lipinski definition) is 0. The van der Waals surface area contributed by atoms with Gasteiger partial charge in [-0.2, -0.15) is 0 Å². The minimum absolute atomic E-state index is 0.732. The van der Waals surface area contributed by atoms with Crippen LogP contribution in [0.25, 0.3) is 0 Å². The van der Waals surface area contributed by atoms with Gasteiger partial charge in [0.1, 0.15) is 0 Å². The van der Waals surface area contributed by atoms with E-state index >= 15 is 0 Å². The lowest BCUT2D eigenvalue weighted by Crippen LogP contribution is -2.05. The van der Waals surface area contributed by atoms with E-state index < -0.39 is 0 Å². The molecule has 0 amide bonds. The van der Waals surface area contributed by atoms with Gasteiger partial charge >= 0.3 is 0 Å². The van der Waals surface area contributed by atoms with Crippen molar-refractivity contribution in [2.24, 2.45) is 0 Å². The van der Waals surface area contributed by atoms with E-state index in [1.165, 1.54) is 37.7 Å². The molecule has 1 aromatic rings. The highest BCUT2D eigenvalue weighted by Crippen LogP contribution is 2.33. The van der Waals surface area contributed by atoms with Crippen molar-refractivity contribution in [2.45, 2.75) is 44.9 Å². The van der Waals surface area contributed by atoms with Crippen molar-refractivity contribution in [1.29, 1.82) is 0 Å². The van der Waals surface area contributed by atoms with Crippen LogP contribution in [0.5, 0.6) is 5.88 Å². The maximum Gasteiger partial charge on any atom is 0.215 e. The average molecular weight is 205 g/mol. The van der Waals surface area contributed by atoms with E-state index in [9.17, 15) is 0 Å². The van der Waals surface area contributed by atoms with Crippen LogP contribution in [-0.2, 0) is 0 Å². The Bertz CT molecular complexity index is 329. The lowest BCUT2D eigenvalue weighted by molar-refractivity contribution is 0.392. The molecule has 0 radical (unpaired) electrons. The maximum atomic E-state index is 5.18. The van der Waals surface area contributed by atoms with Crippen LogP contribution < -0.4 is 4.74 Å². The molecule has 0 spiro atoms. The molecule has 2 rings (SSSR count). The van der Waals surface area contributed by atoms with Crippen LogP contribution in [0.15, 0.2) is 12.3 Å². The van der Waals surface area contributed by atoms with E-state index in [1.807, 2.05) is 6.20 Å². The average Bonchev–Trinajstić information content (AvgIpc) is 2.30. The molecule has 0 atom stereocenters. The monoisotopic (exact) mass is 205 g/mol. The highest BCUT2D eigenvalue weighted by atomic mass is 16.5. The predicted octanol–water partition coefficient (Wildman–Crippen LogP) is 3.45. The first-order valence-corrected chi connectivity index (χ1v) is 5.82. The van der Waals surface area contributed by atoms with Gasteiger partial charge < -0.3 is 4.74 Å². The largest absolute Gasteiger partial charge is 0.481 e. The quantitative estimate of drug-likeness (QED) is 0.737. The summed E-state index contributed by atoms with van der Waals surface area (Å²) >= 11 is 0. The van der Waals surface area contributed by atoms with Crippen molar-refractivity contribution >= 4 is 0 Å². The highest BCUT2D eigenvalue weighted by molar-refractivity contribution is 5.30. The van der Waals surface area contributed by atoms with Gasteiger partial charge in [-0.15, -0.1) is 0 Å². The van der Waals surface area contributed by atoms with E-state index in [2.05, 4.69) is 18.0 Å². The third-order valence-electron chi connectivity index (χ3n) is 3.32. The van der Waals surface area contributed by atoms with Gasteiger partial charge in [-0.1, -0.05) is 19.3 Å². The third-order valence-corrected chi connectivity index (χ3v) is 3.32. The van der Waals surface area contributed by atoms with E-state index in [-0.39, 0.29) is 0 Å². The van der Waals surface area contributed by atoms with E-state index in [0.29, 0.717) is 0 Å². The first kappa shape index (κ1) is 10.5. The Kier molecular flexibility index (Phi) is 3.24. The molecule has 0 aromatic carbocycles. The summed E-state index contributed by atoms with van der Waals surface area (Å²) in [5, 5.41) is 0. The molecule has 2 heteroatoms. The number of aromatic nitrogens is 1. The minimum atomic E-state index is 0.732. The molecule has 82 valence electrons. The molecule has 0 aliphatic heterocycles. The van der Waals surface area contributed by atoms with Gasteiger partial charge in [0, 0.05) is 11.8 Å². The minimum Gasteiger partial charge on any atom is -0.481 e. The molecule has 0 bridgehead atoms. The molecule has 1 fully saturated rings. The summed E-state index contributed by atoms with van der Waals surface area (Å²) in [6.07, 6.45) is 8.78. The number of pyridine rings is 1. The molecular formula is C13H19NO. The molecule has 0 saturated heterocycles. The summed E-state index contributed by atoms with van der Waals surface area (Å²) in [5.74, 6) is 1.49. The van der Waals surface area contributed by atoms with Crippen LogP contribution in [-0.4, -0.2) is 12.1 Å². The normalized spacial score (nSPS) is 17.7. The lowest BCUT2D eigenvalue weighted by atomic mass is 9.84. The van der Waals surface area contributed by atoms with Crippen molar-refractivity contribution in [2.75, 3.05) is 7.11 Å². The fraction of sp³-hybridized carbons (Fsp3) is 0.615. The number of hydrogen-bond acceptors (Lipinski definition) is 2. The standard InChI is InChI=1S/C13H19NO/c1-10-8-12(9-14-13(10)15-2)11-6-4-3-5-7-11/h8-9,11H,3-7H2,1-2H3. The Morgan fingerprint density at radius 2 is 2.00 bits per heavy atom. The van der Waals surface area contributed by atoms with Gasteiger partial charge in [-0.3, -0.25) is 0 Å². The number of ether oxygens (including phenoxy) is 1. The van der Waals surface area contributed by atoms with Crippen LogP contribution in [0.3, 0.4) is 0 Å². The summed E-state index contributed by atoms with van der Waals surface area (Å²) in [7, 11) is 1.68. The summed E-state index contributed by atoms with van der Waals surface area (Å²) in [5.41, 5.74) is 2.55. The summed E-state index contributed by atoms with van der Waals surface area (Å²) in [4.78, 5) is 4.35. The van der Waals surface area contributed by atoms with Gasteiger partial charge in [0.05, 0.1) is 7.11 Å². The molecular weight excluding hydrogens is 186 g/mol. The molecule has 1 aromatic heterocycles. The van der Waals surface area contributed by atoms with Crippen LogP contribution in [0, 0.1) is 6.92 Å². The molecule has 2 nitrogen and oxygen atoms in total. The van der Waals surface area contributed by atoms with E-state index in [4.69, 9.17) is 4.74 Å².